The van der Waals surface area contributed by atoms with Gasteiger partial charge in [0.25, 0.3) is 0 Å². The van der Waals surface area contributed by atoms with Crippen LogP contribution in [0, 0.1) is 0 Å². The van der Waals surface area contributed by atoms with Crippen LogP contribution < -0.4 is 19.6 Å². The number of unbranched alkanes of at least 4 members (excludes halogenated alkanes) is 2. The molecule has 2 radical (unpaired) electrons. The third-order valence-electron chi connectivity index (χ3n) is 10.8. The minimum absolute atomic E-state index is 1.12. The van der Waals surface area contributed by atoms with Crippen molar-refractivity contribution in [2.75, 3.05) is 9.80 Å². The van der Waals surface area contributed by atoms with E-state index >= 15 is 0 Å². The van der Waals surface area contributed by atoms with Crippen LogP contribution in [0.25, 0.3) is 0 Å². The summed E-state index contributed by atoms with van der Waals surface area (Å²) < 4.78 is 0. The van der Waals surface area contributed by atoms with Gasteiger partial charge in [-0.25, -0.2) is 0 Å². The fourth-order valence-corrected chi connectivity index (χ4v) is 8.14. The molecule has 2 aliphatic heterocycles. The maximum absolute atomic E-state index is 5.42. The Morgan fingerprint density at radius 2 is 0.574 bits per heavy atom. The summed E-state index contributed by atoms with van der Waals surface area (Å²) in [5.74, 6) is 0. The Bertz CT molecular complexity index is 2560. The Balaban J connectivity index is 0.000000428. The van der Waals surface area contributed by atoms with E-state index in [0.29, 0.717) is 0 Å². The van der Waals surface area contributed by atoms with Crippen molar-refractivity contribution in [1.82, 2.24) is 9.80 Å². The monoisotopic (exact) mass is 1360 g/mol. The Labute approximate surface area is 439 Å². The summed E-state index contributed by atoms with van der Waals surface area (Å²) in [6.07, 6.45) is 7.07. The maximum atomic E-state index is 5.06. The van der Waals surface area contributed by atoms with Crippen LogP contribution in [0.4, 0.5) is 68.2 Å². The number of para-hydroxylation sites is 8. The third kappa shape index (κ3) is 16.1. The zero-order chi connectivity index (χ0) is 49.3. The molecule has 0 atom stereocenters. The second-order valence-corrected chi connectivity index (χ2v) is 130. The molecule has 0 N–H and O–H groups in total. The van der Waals surface area contributed by atoms with Crippen LogP contribution in [0.5, 0.6) is 0 Å². The van der Waals surface area contributed by atoms with Crippen LogP contribution in [0.1, 0.15) is 50.7 Å². The van der Waals surface area contributed by atoms with E-state index in [1.165, 1.54) is 70.9 Å². The Kier molecular flexibility index (Phi) is 16.5. The zero-order valence-electron chi connectivity index (χ0n) is 36.6. The minimum atomic E-state index is -5.42. The number of benzene rings is 7. The summed E-state index contributed by atoms with van der Waals surface area (Å²) in [5.41, 5.74) is 16.7. The summed E-state index contributed by atoms with van der Waals surface area (Å²) in [4.78, 5) is 9.63. The van der Waals surface area contributed by atoms with Gasteiger partial charge >= 0.3 is 124 Å². The predicted molar refractivity (Wildman–Crippen MR) is 310 cm³/mol. The van der Waals surface area contributed by atoms with Gasteiger partial charge in [-0.15, -0.1) is 0 Å². The van der Waals surface area contributed by atoms with Crippen molar-refractivity contribution in [1.29, 1.82) is 0 Å². The van der Waals surface area contributed by atoms with Crippen LogP contribution >= 0.6 is 106 Å². The molecule has 0 saturated heterocycles. The molecule has 4 nitrogen and oxygen atoms in total. The summed E-state index contributed by atoms with van der Waals surface area (Å²) in [5, 5.41) is 0. The van der Waals surface area contributed by atoms with Gasteiger partial charge in [0.2, 0.25) is 22.7 Å². The second kappa shape index (κ2) is 20.5. The van der Waals surface area contributed by atoms with Crippen LogP contribution in [0.3, 0.4) is 0 Å². The number of fused-ring (bicyclic) bond motifs is 4. The average Bonchev–Trinajstić information content (AvgIpc) is 3.27. The summed E-state index contributed by atoms with van der Waals surface area (Å²) in [7, 11) is 49.9. The van der Waals surface area contributed by atoms with Gasteiger partial charge in [-0.05, 0) is 85.3 Å². The first-order chi connectivity index (χ1) is 31.6. The number of nitrogens with zero attached hydrogens (tertiary/aromatic N) is 4. The normalized spacial score (nSPS) is 15.6. The van der Waals surface area contributed by atoms with Crippen molar-refractivity contribution >= 4 is 192 Å². The van der Waals surface area contributed by atoms with E-state index in [1.807, 2.05) is 0 Å². The zero-order valence-corrected chi connectivity index (χ0v) is 50.8. The molecule has 0 spiro atoms. The fourth-order valence-electron chi connectivity index (χ4n) is 8.14. The first kappa shape index (κ1) is 54.9. The molecule has 0 aliphatic carbocycles. The molecule has 360 valence electrons. The molecular formula is C50H46Cl12N4Sb2. The molecule has 7 aromatic rings. The van der Waals surface area contributed by atoms with Crippen molar-refractivity contribution in [3.05, 3.63) is 181 Å². The van der Waals surface area contributed by atoms with E-state index in [9.17, 15) is 0 Å². The molecule has 2 heterocycles. The Morgan fingerprint density at radius 3 is 0.809 bits per heavy atom. The molecule has 0 fully saturated rings. The van der Waals surface area contributed by atoms with E-state index in [0.717, 1.165) is 47.0 Å². The summed E-state index contributed by atoms with van der Waals surface area (Å²) >= 11 is 0. The predicted octanol–water partition coefficient (Wildman–Crippen LogP) is 22.3. The van der Waals surface area contributed by atoms with Crippen molar-refractivity contribution in [2.24, 2.45) is 0 Å². The average molecular weight is 1370 g/mol. The standard InChI is InChI=1S/C50H46N4.12ClH.2Sb/c1-3-5-15-37-25-29-39(30-26-37)51-43-17-7-11-21-47(43)53(48-22-12-8-18-44(48)51)41-33-35-42(36-34-41)54-49-23-13-9-19-45(49)52(46-20-10-14-24-50(46)54)40-31-27-38(28-32-40)16-6-4-2;;;;;;;;;;;;;;/h7-14,17-36H,3-6,15-16H2,1-2H3;12*1H;;/q+2;;;;;;;;;;;;;2*+5/p-12. The van der Waals surface area contributed by atoms with Gasteiger partial charge < -0.3 is 0 Å². The van der Waals surface area contributed by atoms with E-state index < -0.39 is 18.3 Å². The van der Waals surface area contributed by atoms with Gasteiger partial charge in [0, 0.05) is 59.9 Å². The summed E-state index contributed by atoms with van der Waals surface area (Å²) in [6, 6.07) is 62.5. The first-order valence-corrected chi connectivity index (χ1v) is 60.4. The van der Waals surface area contributed by atoms with E-state index in [4.69, 9.17) is 106 Å². The molecular weight excluding hydrogens is 1330 g/mol. The third-order valence-corrected chi connectivity index (χ3v) is 10.8. The van der Waals surface area contributed by atoms with E-state index in [2.05, 4.69) is 203 Å². The molecule has 9 rings (SSSR count). The van der Waals surface area contributed by atoms with Crippen molar-refractivity contribution in [3.63, 3.8) is 0 Å². The molecule has 0 aromatic heterocycles. The van der Waals surface area contributed by atoms with Crippen LogP contribution in [-0.2, 0) is 12.8 Å². The van der Waals surface area contributed by atoms with Gasteiger partial charge in [-0.2, -0.15) is 0 Å². The fraction of sp³-hybridized carbons (Fsp3) is 0.160. The van der Waals surface area contributed by atoms with Crippen molar-refractivity contribution in [2.45, 2.75) is 52.4 Å². The van der Waals surface area contributed by atoms with Crippen LogP contribution in [0.2, 0.25) is 0 Å². The van der Waals surface area contributed by atoms with Crippen LogP contribution in [0.15, 0.2) is 170 Å². The Morgan fingerprint density at radius 1 is 0.338 bits per heavy atom. The van der Waals surface area contributed by atoms with Crippen molar-refractivity contribution < 1.29 is 0 Å². The number of rotatable bonds is 10. The molecule has 0 saturated carbocycles. The molecule has 7 aromatic carbocycles. The molecule has 2 aliphatic rings. The number of aryl methyl sites for hydroxylation is 2. The molecule has 0 amide bonds. The molecule has 0 unspecified atom stereocenters. The number of halogens is 12. The topological polar surface area (TPSA) is 18.3 Å². The molecule has 68 heavy (non-hydrogen) atoms. The molecule has 18 heteroatoms. The van der Waals surface area contributed by atoms with E-state index in [1.54, 1.807) is 0 Å². The van der Waals surface area contributed by atoms with E-state index in [-0.39, 0.29) is 0 Å². The summed E-state index contributed by atoms with van der Waals surface area (Å²) in [6.45, 7) is 4.51. The Hall–Kier alpha value is -0.824. The van der Waals surface area contributed by atoms with Gasteiger partial charge in [-0.1, -0.05) is 109 Å². The SMILES string of the molecule is CCCCc1ccc(N2c3ccccc3[N+](c3ccc([N+]4c5ccccc5N(c5ccc(CCCC)cc5)c5ccccc54)cc3)c3ccccc32)cc1.[Cl][Sb-]([Cl])([Cl])([Cl])([Cl])[Cl].[Cl][Sb-]([Cl])([Cl])([Cl])([Cl])[Cl]. The molecule has 0 bridgehead atoms. The number of hydrogen-bond acceptors (Lipinski definition) is 4. The quantitative estimate of drug-likeness (QED) is 0.100. The number of hydrogen-bond donors (Lipinski definition) is 0. The van der Waals surface area contributed by atoms with Gasteiger partial charge in [0.05, 0.1) is 0 Å². The second-order valence-electron chi connectivity index (χ2n) is 16.3. The van der Waals surface area contributed by atoms with Crippen molar-refractivity contribution in [3.8, 4) is 0 Å². The van der Waals surface area contributed by atoms with Gasteiger partial charge in [-0.3, -0.25) is 9.80 Å². The number of anilines is 12. The van der Waals surface area contributed by atoms with Gasteiger partial charge in [0.15, 0.2) is 11.4 Å². The van der Waals surface area contributed by atoms with Gasteiger partial charge in [0.1, 0.15) is 22.7 Å². The van der Waals surface area contributed by atoms with Crippen LogP contribution in [-0.4, -0.2) is 18.3 Å². The first-order valence-electron chi connectivity index (χ1n) is 21.6.